The molecule has 0 N–H and O–H groups in total. The summed E-state index contributed by atoms with van der Waals surface area (Å²) in [5.74, 6) is 0. The molecular formula is C11H11N5O2S2. The van der Waals surface area contributed by atoms with Gasteiger partial charge in [-0.3, -0.25) is 0 Å². The minimum Gasteiger partial charge on any atom is -0.465 e. The van der Waals surface area contributed by atoms with E-state index in [1.807, 2.05) is 12.3 Å². The molecule has 0 amide bonds. The molecule has 3 aromatic heterocycles. The number of hydrogen-bond acceptors (Lipinski definition) is 7. The van der Waals surface area contributed by atoms with E-state index < -0.39 is 0 Å². The van der Waals surface area contributed by atoms with Gasteiger partial charge in [-0.05, 0) is 17.4 Å². The van der Waals surface area contributed by atoms with Gasteiger partial charge in [0.1, 0.15) is 6.61 Å². The third-order valence-electron chi connectivity index (χ3n) is 2.74. The summed E-state index contributed by atoms with van der Waals surface area (Å²) in [5.41, 5.74) is 1.22. The molecule has 0 spiro atoms. The molecule has 0 atom stereocenters. The smallest absolute Gasteiger partial charge is 0.368 e. The van der Waals surface area contributed by atoms with Crippen molar-refractivity contribution in [3.63, 3.8) is 0 Å². The molecule has 0 unspecified atom stereocenters. The SMILES string of the molecule is [3H]c1csc(OCc2c(-n3nnn(C)c3=O)csc2C)n1. The zero-order chi connectivity index (χ0) is 15.0. The van der Waals surface area contributed by atoms with Gasteiger partial charge in [0.05, 0.1) is 7.06 Å². The van der Waals surface area contributed by atoms with Crippen LogP contribution in [-0.2, 0) is 13.7 Å². The number of nitrogens with zero attached hydrogens (tertiary/aromatic N) is 5. The Labute approximate surface area is 123 Å². The zero-order valence-electron chi connectivity index (χ0n) is 11.7. The van der Waals surface area contributed by atoms with Gasteiger partial charge >= 0.3 is 5.69 Å². The summed E-state index contributed by atoms with van der Waals surface area (Å²) < 4.78 is 15.4. The third kappa shape index (κ3) is 2.25. The van der Waals surface area contributed by atoms with E-state index in [1.165, 1.54) is 32.0 Å². The number of thiophene rings is 1. The van der Waals surface area contributed by atoms with Crippen molar-refractivity contribution < 1.29 is 6.11 Å². The van der Waals surface area contributed by atoms with Gasteiger partial charge in [-0.2, -0.15) is 9.36 Å². The highest BCUT2D eigenvalue weighted by Crippen LogP contribution is 2.26. The van der Waals surface area contributed by atoms with Gasteiger partial charge in [-0.1, -0.05) is 11.3 Å². The molecule has 0 fully saturated rings. The van der Waals surface area contributed by atoms with Gasteiger partial charge in [-0.15, -0.1) is 11.3 Å². The largest absolute Gasteiger partial charge is 0.465 e. The van der Waals surface area contributed by atoms with Crippen LogP contribution >= 0.6 is 22.7 Å². The van der Waals surface area contributed by atoms with Crippen LogP contribution in [0, 0.1) is 6.92 Å². The maximum absolute atomic E-state index is 11.9. The van der Waals surface area contributed by atoms with Crippen LogP contribution in [0.25, 0.3) is 5.69 Å². The lowest BCUT2D eigenvalue weighted by atomic mass is 10.2. The molecule has 3 heterocycles. The summed E-state index contributed by atoms with van der Waals surface area (Å²) in [6.07, 6.45) is 0.183. The van der Waals surface area contributed by atoms with Crippen molar-refractivity contribution in [1.29, 1.82) is 0 Å². The van der Waals surface area contributed by atoms with Crippen molar-refractivity contribution in [3.8, 4) is 10.9 Å². The van der Waals surface area contributed by atoms with Crippen LogP contribution in [0.3, 0.4) is 0 Å². The number of aromatic nitrogens is 5. The molecular weight excluding hydrogens is 298 g/mol. The fourth-order valence-electron chi connectivity index (χ4n) is 1.67. The average molecular weight is 311 g/mol. The van der Waals surface area contributed by atoms with Crippen molar-refractivity contribution in [2.24, 2.45) is 7.05 Å². The van der Waals surface area contributed by atoms with Crippen LogP contribution in [0.5, 0.6) is 5.19 Å². The lowest BCUT2D eigenvalue weighted by molar-refractivity contribution is 0.303. The first kappa shape index (κ1) is 11.8. The second kappa shape index (κ2) is 5.17. The molecule has 9 heteroatoms. The first-order chi connectivity index (χ1) is 10.1. The molecule has 0 radical (unpaired) electrons. The number of ether oxygens (including phenoxy) is 1. The molecule has 3 aromatic rings. The first-order valence-electron chi connectivity index (χ1n) is 6.17. The van der Waals surface area contributed by atoms with Crippen LogP contribution in [0.1, 0.15) is 11.8 Å². The summed E-state index contributed by atoms with van der Waals surface area (Å²) in [4.78, 5) is 16.9. The van der Waals surface area contributed by atoms with E-state index >= 15 is 0 Å². The first-order valence-corrected chi connectivity index (χ1v) is 7.43. The summed E-state index contributed by atoms with van der Waals surface area (Å²) >= 11 is 2.78. The Hall–Kier alpha value is -2.00. The Balaban J connectivity index is 1.90. The summed E-state index contributed by atoms with van der Waals surface area (Å²) in [6, 6.07) is 0. The predicted octanol–water partition coefficient (Wildman–Crippen LogP) is 1.37. The van der Waals surface area contributed by atoms with Crippen LogP contribution in [0.4, 0.5) is 0 Å². The van der Waals surface area contributed by atoms with E-state index in [0.29, 0.717) is 10.9 Å². The normalized spacial score (nSPS) is 11.6. The van der Waals surface area contributed by atoms with Crippen molar-refractivity contribution in [2.75, 3.05) is 0 Å². The van der Waals surface area contributed by atoms with Gasteiger partial charge < -0.3 is 4.74 Å². The molecule has 0 aliphatic heterocycles. The molecule has 0 aliphatic rings. The monoisotopic (exact) mass is 311 g/mol. The second-order valence-electron chi connectivity index (χ2n) is 3.98. The van der Waals surface area contributed by atoms with E-state index in [-0.39, 0.29) is 18.5 Å². The van der Waals surface area contributed by atoms with Crippen LogP contribution < -0.4 is 10.4 Å². The van der Waals surface area contributed by atoms with E-state index in [9.17, 15) is 4.79 Å². The molecule has 104 valence electrons. The molecule has 7 nitrogen and oxygen atoms in total. The Morgan fingerprint density at radius 3 is 2.95 bits per heavy atom. The van der Waals surface area contributed by atoms with Crippen LogP contribution in [0.15, 0.2) is 21.7 Å². The highest BCUT2D eigenvalue weighted by molar-refractivity contribution is 7.11. The summed E-state index contributed by atoms with van der Waals surface area (Å²) in [6.45, 7) is 2.21. The molecule has 0 saturated carbocycles. The van der Waals surface area contributed by atoms with E-state index in [1.54, 1.807) is 12.4 Å². The standard InChI is InChI=1S/C11H11N5O2S2/c1-7-8(5-18-10-12-3-4-19-10)9(6-20-7)16-11(17)15(2)13-14-16/h3-4,6H,5H2,1-2H3/i3T. The number of thiazole rings is 1. The second-order valence-corrected chi connectivity index (χ2v) is 5.89. The van der Waals surface area contributed by atoms with Crippen molar-refractivity contribution in [3.05, 3.63) is 37.9 Å². The predicted molar refractivity (Wildman–Crippen MR) is 75.7 cm³/mol. The maximum Gasteiger partial charge on any atom is 0.368 e. The number of rotatable bonds is 4. The topological polar surface area (TPSA) is 74.8 Å². The third-order valence-corrected chi connectivity index (χ3v) is 4.31. The quantitative estimate of drug-likeness (QED) is 0.727. The Morgan fingerprint density at radius 2 is 2.30 bits per heavy atom. The molecule has 0 aromatic carbocycles. The number of aryl methyl sites for hydroxylation is 2. The van der Waals surface area contributed by atoms with Gasteiger partial charge in [0, 0.05) is 34.4 Å². The summed E-state index contributed by atoms with van der Waals surface area (Å²) in [7, 11) is 1.55. The minimum absolute atomic E-state index is 0.183. The number of hydrogen-bond donors (Lipinski definition) is 0. The van der Waals surface area contributed by atoms with E-state index in [2.05, 4.69) is 15.4 Å². The lowest BCUT2D eigenvalue weighted by Crippen LogP contribution is -2.22. The molecule has 3 rings (SSSR count). The Morgan fingerprint density at radius 1 is 1.45 bits per heavy atom. The van der Waals surface area contributed by atoms with E-state index in [4.69, 9.17) is 6.11 Å². The highest BCUT2D eigenvalue weighted by atomic mass is 32.1. The minimum atomic E-state index is -0.309. The molecule has 0 saturated heterocycles. The van der Waals surface area contributed by atoms with Gasteiger partial charge in [0.25, 0.3) is 5.19 Å². The summed E-state index contributed by atoms with van der Waals surface area (Å²) in [5, 5.41) is 11.4. The molecule has 0 bridgehead atoms. The van der Waals surface area contributed by atoms with Crippen LogP contribution in [-0.4, -0.2) is 24.8 Å². The maximum atomic E-state index is 11.9. The number of tetrazole rings is 1. The fraction of sp³-hybridized carbons (Fsp3) is 0.273. The van der Waals surface area contributed by atoms with Crippen molar-refractivity contribution in [2.45, 2.75) is 13.5 Å². The van der Waals surface area contributed by atoms with Gasteiger partial charge in [0.2, 0.25) is 0 Å². The Kier molecular flexibility index (Phi) is 3.05. The van der Waals surface area contributed by atoms with Crippen LogP contribution in [0.2, 0.25) is 0 Å². The zero-order valence-corrected chi connectivity index (χ0v) is 12.4. The van der Waals surface area contributed by atoms with Crippen molar-refractivity contribution >= 4 is 22.7 Å². The van der Waals surface area contributed by atoms with Crippen molar-refractivity contribution in [1.82, 2.24) is 24.8 Å². The molecule has 0 aliphatic carbocycles. The highest BCUT2D eigenvalue weighted by Gasteiger charge is 2.16. The molecule has 20 heavy (non-hydrogen) atoms. The van der Waals surface area contributed by atoms with Gasteiger partial charge in [-0.25, -0.2) is 9.78 Å². The fourth-order valence-corrected chi connectivity index (χ4v) is 2.94. The van der Waals surface area contributed by atoms with Gasteiger partial charge in [0.15, 0.2) is 0 Å². The van der Waals surface area contributed by atoms with E-state index in [0.717, 1.165) is 10.4 Å². The Bertz CT molecular complexity index is 834. The average Bonchev–Trinajstić information content (AvgIpc) is 3.11. The lowest BCUT2D eigenvalue weighted by Gasteiger charge is -2.05.